The molecule has 0 saturated heterocycles. The molecule has 0 saturated carbocycles. The molecule has 0 radical (unpaired) electrons. The lowest BCUT2D eigenvalue weighted by Gasteiger charge is -2.17. The Morgan fingerprint density at radius 3 is 2.66 bits per heavy atom. The van der Waals surface area contributed by atoms with E-state index >= 15 is 0 Å². The van der Waals surface area contributed by atoms with E-state index in [0.29, 0.717) is 27.8 Å². The second-order valence-electron chi connectivity index (χ2n) is 6.80. The average molecular weight is 409 g/mol. The molecule has 0 unspecified atom stereocenters. The van der Waals surface area contributed by atoms with Gasteiger partial charge in [-0.2, -0.15) is 10.5 Å². The zero-order valence-corrected chi connectivity index (χ0v) is 16.7. The first kappa shape index (κ1) is 20.4. The summed E-state index contributed by atoms with van der Waals surface area (Å²) < 4.78 is 10.2. The highest BCUT2D eigenvalue weighted by Gasteiger charge is 2.24. The van der Waals surface area contributed by atoms with Crippen LogP contribution in [0.2, 0.25) is 0 Å². The first-order valence-electron chi connectivity index (χ1n) is 9.13. The summed E-state index contributed by atoms with van der Waals surface area (Å²) in [5.74, 6) is -0.208. The van der Waals surface area contributed by atoms with Crippen LogP contribution in [0, 0.1) is 28.6 Å². The SMILES string of the molecule is C[C@@H]1CCc2c(sc(NC(=O)COC(=O)COc3ccc(C#N)cc3)c2C#N)C1. The molecule has 1 amide bonds. The first-order chi connectivity index (χ1) is 14.0. The Hall–Kier alpha value is -3.36. The summed E-state index contributed by atoms with van der Waals surface area (Å²) in [4.78, 5) is 25.1. The molecule has 1 aromatic heterocycles. The predicted octanol–water partition coefficient (Wildman–Crippen LogP) is 3.18. The Labute approximate surface area is 172 Å². The number of esters is 1. The molecule has 1 aliphatic carbocycles. The van der Waals surface area contributed by atoms with Gasteiger partial charge in [0.05, 0.1) is 17.2 Å². The van der Waals surface area contributed by atoms with Gasteiger partial charge >= 0.3 is 5.97 Å². The maximum Gasteiger partial charge on any atom is 0.344 e. The van der Waals surface area contributed by atoms with E-state index in [1.807, 2.05) is 6.07 Å². The van der Waals surface area contributed by atoms with Gasteiger partial charge in [-0.25, -0.2) is 4.79 Å². The monoisotopic (exact) mass is 409 g/mol. The Morgan fingerprint density at radius 1 is 1.21 bits per heavy atom. The maximum absolute atomic E-state index is 12.1. The fourth-order valence-corrected chi connectivity index (χ4v) is 4.45. The number of hydrogen-bond acceptors (Lipinski definition) is 7. The lowest BCUT2D eigenvalue weighted by molar-refractivity contribution is -0.149. The second kappa shape index (κ2) is 9.22. The molecule has 1 N–H and O–H groups in total. The van der Waals surface area contributed by atoms with Gasteiger partial charge in [0.1, 0.15) is 16.8 Å². The van der Waals surface area contributed by atoms with Crippen LogP contribution >= 0.6 is 11.3 Å². The molecule has 0 aliphatic heterocycles. The van der Waals surface area contributed by atoms with Gasteiger partial charge in [0.25, 0.3) is 5.91 Å². The molecule has 3 rings (SSSR count). The zero-order chi connectivity index (χ0) is 20.8. The average Bonchev–Trinajstić information content (AvgIpc) is 3.06. The fourth-order valence-electron chi connectivity index (χ4n) is 3.08. The van der Waals surface area contributed by atoms with Crippen molar-refractivity contribution in [3.63, 3.8) is 0 Å². The van der Waals surface area contributed by atoms with Crippen molar-refractivity contribution in [2.45, 2.75) is 26.2 Å². The number of benzene rings is 1. The smallest absolute Gasteiger partial charge is 0.344 e. The third-order valence-corrected chi connectivity index (χ3v) is 5.75. The van der Waals surface area contributed by atoms with E-state index in [2.05, 4.69) is 18.3 Å². The number of nitrogens with zero attached hydrogens (tertiary/aromatic N) is 2. The van der Waals surface area contributed by atoms with Gasteiger partial charge in [0, 0.05) is 4.88 Å². The van der Waals surface area contributed by atoms with E-state index < -0.39 is 18.5 Å². The molecular formula is C21H19N3O4S. The number of carbonyl (C=O) groups excluding carboxylic acids is 2. The van der Waals surface area contributed by atoms with Crippen LogP contribution < -0.4 is 10.1 Å². The van der Waals surface area contributed by atoms with E-state index in [1.54, 1.807) is 24.3 Å². The third kappa shape index (κ3) is 5.13. The van der Waals surface area contributed by atoms with Crippen molar-refractivity contribution >= 4 is 28.2 Å². The van der Waals surface area contributed by atoms with Gasteiger partial charge < -0.3 is 14.8 Å². The molecule has 7 nitrogen and oxygen atoms in total. The van der Waals surface area contributed by atoms with E-state index in [9.17, 15) is 14.9 Å². The Balaban J connectivity index is 1.49. The Morgan fingerprint density at radius 2 is 1.97 bits per heavy atom. The van der Waals surface area contributed by atoms with Crippen molar-refractivity contribution in [1.29, 1.82) is 10.5 Å². The molecule has 29 heavy (non-hydrogen) atoms. The van der Waals surface area contributed by atoms with Crippen LogP contribution in [0.3, 0.4) is 0 Å². The molecule has 1 aromatic carbocycles. The largest absolute Gasteiger partial charge is 0.482 e. The second-order valence-corrected chi connectivity index (χ2v) is 7.91. The highest BCUT2D eigenvalue weighted by Crippen LogP contribution is 2.39. The molecule has 1 heterocycles. The minimum absolute atomic E-state index is 0.353. The van der Waals surface area contributed by atoms with Gasteiger partial charge in [-0.05, 0) is 55.0 Å². The lowest BCUT2D eigenvalue weighted by Crippen LogP contribution is -2.23. The summed E-state index contributed by atoms with van der Waals surface area (Å²) in [5.41, 5.74) is 2.03. The number of anilines is 1. The van der Waals surface area contributed by atoms with Crippen LogP contribution in [-0.4, -0.2) is 25.1 Å². The molecule has 8 heteroatoms. The highest BCUT2D eigenvalue weighted by atomic mass is 32.1. The van der Waals surface area contributed by atoms with Crippen LogP contribution in [0.5, 0.6) is 5.75 Å². The number of fused-ring (bicyclic) bond motifs is 1. The number of amides is 1. The minimum atomic E-state index is -0.690. The maximum atomic E-state index is 12.1. The number of carbonyl (C=O) groups is 2. The van der Waals surface area contributed by atoms with Crippen molar-refractivity contribution in [2.75, 3.05) is 18.5 Å². The van der Waals surface area contributed by atoms with Crippen LogP contribution in [0.25, 0.3) is 0 Å². The van der Waals surface area contributed by atoms with Gasteiger partial charge in [-0.1, -0.05) is 6.92 Å². The van der Waals surface area contributed by atoms with Crippen LogP contribution in [0.4, 0.5) is 5.00 Å². The Kier molecular flexibility index (Phi) is 6.48. The third-order valence-electron chi connectivity index (χ3n) is 4.58. The van der Waals surface area contributed by atoms with E-state index in [-0.39, 0.29) is 6.61 Å². The summed E-state index contributed by atoms with van der Waals surface area (Å²) in [6.45, 7) is 1.36. The van der Waals surface area contributed by atoms with Crippen LogP contribution in [0.15, 0.2) is 24.3 Å². The number of nitriles is 2. The summed E-state index contributed by atoms with van der Waals surface area (Å²) in [7, 11) is 0. The normalized spacial score (nSPS) is 14.8. The van der Waals surface area contributed by atoms with E-state index in [0.717, 1.165) is 29.7 Å². The number of rotatable bonds is 6. The molecule has 148 valence electrons. The van der Waals surface area contributed by atoms with Crippen LogP contribution in [0.1, 0.15) is 34.9 Å². The summed E-state index contributed by atoms with van der Waals surface area (Å²) in [6, 6.07) is 10.5. The first-order valence-corrected chi connectivity index (χ1v) is 9.95. The van der Waals surface area contributed by atoms with Gasteiger partial charge in [-0.15, -0.1) is 11.3 Å². The molecule has 2 aromatic rings. The number of hydrogen-bond donors (Lipinski definition) is 1. The van der Waals surface area contributed by atoms with E-state index in [4.69, 9.17) is 14.7 Å². The van der Waals surface area contributed by atoms with Gasteiger partial charge in [0.15, 0.2) is 13.2 Å². The fraction of sp³-hybridized carbons (Fsp3) is 0.333. The lowest BCUT2D eigenvalue weighted by atomic mass is 9.89. The standard InChI is InChI=1S/C21H19N3O4S/c1-13-2-7-16-17(10-23)21(29-18(16)8-13)24-19(25)11-28-20(26)12-27-15-5-3-14(9-22)4-6-15/h3-6,13H,2,7-8,11-12H2,1H3,(H,24,25)/t13-/m1/s1. The van der Waals surface area contributed by atoms with Gasteiger partial charge in [0.2, 0.25) is 0 Å². The van der Waals surface area contributed by atoms with E-state index in [1.165, 1.54) is 11.3 Å². The molecular weight excluding hydrogens is 390 g/mol. The molecule has 1 atom stereocenters. The molecule has 0 bridgehead atoms. The summed E-state index contributed by atoms with van der Waals surface area (Å²) in [6.07, 6.45) is 2.78. The van der Waals surface area contributed by atoms with Crippen molar-refractivity contribution in [3.05, 3.63) is 45.8 Å². The quantitative estimate of drug-likeness (QED) is 0.733. The minimum Gasteiger partial charge on any atom is -0.482 e. The number of thiophene rings is 1. The molecule has 0 spiro atoms. The highest BCUT2D eigenvalue weighted by molar-refractivity contribution is 7.16. The van der Waals surface area contributed by atoms with Crippen LogP contribution in [-0.2, 0) is 27.2 Å². The molecule has 0 fully saturated rings. The van der Waals surface area contributed by atoms with Crippen molar-refractivity contribution in [3.8, 4) is 17.9 Å². The van der Waals surface area contributed by atoms with Crippen molar-refractivity contribution in [2.24, 2.45) is 5.92 Å². The van der Waals surface area contributed by atoms with Crippen molar-refractivity contribution < 1.29 is 19.1 Å². The molecule has 1 aliphatic rings. The topological polar surface area (TPSA) is 112 Å². The van der Waals surface area contributed by atoms with Gasteiger partial charge in [-0.3, -0.25) is 4.79 Å². The Bertz CT molecular complexity index is 999. The van der Waals surface area contributed by atoms with Crippen molar-refractivity contribution in [1.82, 2.24) is 0 Å². The predicted molar refractivity (Wildman–Crippen MR) is 106 cm³/mol. The summed E-state index contributed by atoms with van der Waals surface area (Å²) >= 11 is 1.42. The number of nitrogens with one attached hydrogen (secondary N) is 1. The zero-order valence-electron chi connectivity index (χ0n) is 15.9. The number of ether oxygens (including phenoxy) is 2. The summed E-state index contributed by atoms with van der Waals surface area (Å²) in [5, 5.41) is 21.4.